The lowest BCUT2D eigenvalue weighted by atomic mass is 10.1. The van der Waals surface area contributed by atoms with Crippen LogP contribution in [0.1, 0.15) is 17.2 Å². The van der Waals surface area contributed by atoms with Crippen LogP contribution in [0.25, 0.3) is 6.08 Å². The summed E-state index contributed by atoms with van der Waals surface area (Å²) in [6, 6.07) is 18.8. The second-order valence-electron chi connectivity index (χ2n) is 5.48. The van der Waals surface area contributed by atoms with Crippen molar-refractivity contribution in [1.29, 1.82) is 0 Å². The fourth-order valence-electron chi connectivity index (χ4n) is 2.81. The molecule has 3 rings (SSSR count). The SMILES string of the molecule is COC1=C/C(=C\c2ccccc2)N([C@H](CO)c2ccccc2)C1=O. The van der Waals surface area contributed by atoms with E-state index in [1.165, 1.54) is 7.11 Å². The van der Waals surface area contributed by atoms with Crippen LogP contribution in [-0.4, -0.2) is 29.6 Å². The highest BCUT2D eigenvalue weighted by Gasteiger charge is 2.35. The summed E-state index contributed by atoms with van der Waals surface area (Å²) < 4.78 is 5.20. The normalized spacial score (nSPS) is 17.1. The fourth-order valence-corrected chi connectivity index (χ4v) is 2.81. The Bertz CT molecular complexity index is 766. The molecule has 2 aromatic rings. The minimum atomic E-state index is -0.461. The number of carbonyl (C=O) groups excluding carboxylic acids is 1. The van der Waals surface area contributed by atoms with Crippen LogP contribution in [0.15, 0.2) is 78.2 Å². The van der Waals surface area contributed by atoms with Gasteiger partial charge in [0.2, 0.25) is 0 Å². The largest absolute Gasteiger partial charge is 0.491 e. The topological polar surface area (TPSA) is 49.8 Å². The van der Waals surface area contributed by atoms with E-state index in [1.807, 2.05) is 66.7 Å². The summed E-state index contributed by atoms with van der Waals surface area (Å²) in [6.07, 6.45) is 3.62. The predicted octanol–water partition coefficient (Wildman–Crippen LogP) is 3.13. The first-order chi connectivity index (χ1) is 11.7. The minimum Gasteiger partial charge on any atom is -0.491 e. The maximum Gasteiger partial charge on any atom is 0.294 e. The van der Waals surface area contributed by atoms with Crippen molar-refractivity contribution in [3.63, 3.8) is 0 Å². The molecule has 1 aliphatic heterocycles. The van der Waals surface area contributed by atoms with E-state index in [4.69, 9.17) is 4.74 Å². The summed E-state index contributed by atoms with van der Waals surface area (Å²) in [5.74, 6) is 0.0224. The summed E-state index contributed by atoms with van der Waals surface area (Å²) in [5.41, 5.74) is 2.55. The second kappa shape index (κ2) is 7.15. The van der Waals surface area contributed by atoms with Crippen molar-refractivity contribution in [2.24, 2.45) is 0 Å². The van der Waals surface area contributed by atoms with Gasteiger partial charge in [0.15, 0.2) is 5.76 Å². The number of allylic oxidation sites excluding steroid dienone is 1. The van der Waals surface area contributed by atoms with Gasteiger partial charge in [-0.05, 0) is 17.2 Å². The number of carbonyl (C=O) groups is 1. The van der Waals surface area contributed by atoms with Crippen molar-refractivity contribution in [2.45, 2.75) is 6.04 Å². The van der Waals surface area contributed by atoms with Crippen LogP contribution in [0.5, 0.6) is 0 Å². The molecule has 0 fully saturated rings. The third kappa shape index (κ3) is 3.09. The van der Waals surface area contributed by atoms with Gasteiger partial charge in [-0.2, -0.15) is 0 Å². The molecule has 0 spiro atoms. The Kier molecular flexibility index (Phi) is 4.77. The van der Waals surface area contributed by atoms with Gasteiger partial charge in [-0.3, -0.25) is 9.69 Å². The van der Waals surface area contributed by atoms with Gasteiger partial charge < -0.3 is 9.84 Å². The van der Waals surface area contributed by atoms with Crippen LogP contribution < -0.4 is 0 Å². The molecule has 4 nitrogen and oxygen atoms in total. The van der Waals surface area contributed by atoms with E-state index in [9.17, 15) is 9.90 Å². The van der Waals surface area contributed by atoms with Crippen LogP contribution in [0, 0.1) is 0 Å². The van der Waals surface area contributed by atoms with Crippen LogP contribution in [0.2, 0.25) is 0 Å². The van der Waals surface area contributed by atoms with Crippen molar-refractivity contribution >= 4 is 12.0 Å². The Balaban J connectivity index is 2.03. The van der Waals surface area contributed by atoms with Crippen molar-refractivity contribution in [3.05, 3.63) is 89.3 Å². The number of hydrogen-bond acceptors (Lipinski definition) is 3. The van der Waals surface area contributed by atoms with Crippen LogP contribution in [0.3, 0.4) is 0 Å². The zero-order valence-electron chi connectivity index (χ0n) is 13.4. The molecule has 1 amide bonds. The molecule has 1 atom stereocenters. The first-order valence-electron chi connectivity index (χ1n) is 7.76. The summed E-state index contributed by atoms with van der Waals surface area (Å²) >= 11 is 0. The van der Waals surface area contributed by atoms with Gasteiger partial charge in [-0.1, -0.05) is 60.7 Å². The number of hydrogen-bond donors (Lipinski definition) is 1. The lowest BCUT2D eigenvalue weighted by Crippen LogP contribution is -2.33. The first-order valence-corrected chi connectivity index (χ1v) is 7.76. The Hall–Kier alpha value is -2.85. The highest BCUT2D eigenvalue weighted by molar-refractivity contribution is 5.98. The van der Waals surface area contributed by atoms with E-state index in [0.717, 1.165) is 11.1 Å². The van der Waals surface area contributed by atoms with Gasteiger partial charge in [0.25, 0.3) is 5.91 Å². The smallest absolute Gasteiger partial charge is 0.294 e. The van der Waals surface area contributed by atoms with Gasteiger partial charge in [0.1, 0.15) is 0 Å². The third-order valence-corrected chi connectivity index (χ3v) is 3.99. The fraction of sp³-hybridized carbons (Fsp3) is 0.150. The molecule has 122 valence electrons. The minimum absolute atomic E-state index is 0.174. The van der Waals surface area contributed by atoms with Gasteiger partial charge >= 0.3 is 0 Å². The molecular formula is C20H19NO3. The van der Waals surface area contributed by atoms with E-state index in [-0.39, 0.29) is 18.3 Å². The molecule has 0 aliphatic carbocycles. The molecule has 1 aliphatic rings. The molecular weight excluding hydrogens is 302 g/mol. The number of nitrogens with zero attached hydrogens (tertiary/aromatic N) is 1. The summed E-state index contributed by atoms with van der Waals surface area (Å²) in [5, 5.41) is 9.92. The molecule has 0 unspecified atom stereocenters. The Morgan fingerprint density at radius 2 is 1.71 bits per heavy atom. The first kappa shape index (κ1) is 16.0. The van der Waals surface area contributed by atoms with Gasteiger partial charge in [0, 0.05) is 11.8 Å². The summed E-state index contributed by atoms with van der Waals surface area (Å²) in [7, 11) is 1.48. The van der Waals surface area contributed by atoms with Crippen LogP contribution in [0.4, 0.5) is 0 Å². The summed E-state index contributed by atoms with van der Waals surface area (Å²) in [6.45, 7) is -0.174. The number of amides is 1. The average Bonchev–Trinajstić information content (AvgIpc) is 2.93. The maximum atomic E-state index is 12.7. The molecule has 0 aromatic heterocycles. The maximum absolute atomic E-state index is 12.7. The number of benzene rings is 2. The van der Waals surface area contributed by atoms with Crippen molar-refractivity contribution in [3.8, 4) is 0 Å². The number of aliphatic hydroxyl groups is 1. The predicted molar refractivity (Wildman–Crippen MR) is 92.6 cm³/mol. The zero-order chi connectivity index (χ0) is 16.9. The average molecular weight is 321 g/mol. The standard InChI is InChI=1S/C20H19NO3/c1-24-19-13-17(12-15-8-4-2-5-9-15)21(20(19)23)18(14-22)16-10-6-3-7-11-16/h2-13,18,22H,14H2,1H3/b17-12+/t18-/m1/s1. The lowest BCUT2D eigenvalue weighted by molar-refractivity contribution is -0.129. The van der Waals surface area contributed by atoms with Crippen molar-refractivity contribution in [2.75, 3.05) is 13.7 Å². The molecule has 2 aromatic carbocycles. The molecule has 0 saturated carbocycles. The zero-order valence-corrected chi connectivity index (χ0v) is 13.4. The monoisotopic (exact) mass is 321 g/mol. The number of methoxy groups -OCH3 is 1. The van der Waals surface area contributed by atoms with Gasteiger partial charge in [-0.15, -0.1) is 0 Å². The van der Waals surface area contributed by atoms with Crippen molar-refractivity contribution in [1.82, 2.24) is 4.90 Å². The van der Waals surface area contributed by atoms with Crippen molar-refractivity contribution < 1.29 is 14.6 Å². The Morgan fingerprint density at radius 1 is 1.08 bits per heavy atom. The van der Waals surface area contributed by atoms with Gasteiger partial charge in [-0.25, -0.2) is 0 Å². The van der Waals surface area contributed by atoms with E-state index >= 15 is 0 Å². The highest BCUT2D eigenvalue weighted by atomic mass is 16.5. The van der Waals surface area contributed by atoms with Gasteiger partial charge in [0.05, 0.1) is 19.8 Å². The Labute approximate surface area is 141 Å². The lowest BCUT2D eigenvalue weighted by Gasteiger charge is -2.28. The quantitative estimate of drug-likeness (QED) is 0.920. The molecule has 24 heavy (non-hydrogen) atoms. The summed E-state index contributed by atoms with van der Waals surface area (Å²) in [4.78, 5) is 14.3. The molecule has 0 radical (unpaired) electrons. The molecule has 1 heterocycles. The number of rotatable bonds is 5. The second-order valence-corrected chi connectivity index (χ2v) is 5.48. The van der Waals surface area contributed by atoms with E-state index in [1.54, 1.807) is 11.0 Å². The van der Waals surface area contributed by atoms with Crippen LogP contribution >= 0.6 is 0 Å². The van der Waals surface area contributed by atoms with Crippen LogP contribution in [-0.2, 0) is 9.53 Å². The van der Waals surface area contributed by atoms with E-state index in [2.05, 4.69) is 0 Å². The molecule has 1 N–H and O–H groups in total. The highest BCUT2D eigenvalue weighted by Crippen LogP contribution is 2.33. The third-order valence-electron chi connectivity index (χ3n) is 3.99. The number of ether oxygens (including phenoxy) is 1. The number of aliphatic hydroxyl groups excluding tert-OH is 1. The molecule has 4 heteroatoms. The molecule has 0 saturated heterocycles. The van der Waals surface area contributed by atoms with E-state index < -0.39 is 6.04 Å². The Morgan fingerprint density at radius 3 is 2.29 bits per heavy atom. The van der Waals surface area contributed by atoms with E-state index in [0.29, 0.717) is 5.70 Å². The molecule has 0 bridgehead atoms.